The van der Waals surface area contributed by atoms with Gasteiger partial charge in [0.1, 0.15) is 0 Å². The Morgan fingerprint density at radius 1 is 1.13 bits per heavy atom. The molecule has 0 spiro atoms. The maximum Gasteiger partial charge on any atom is 0.0652 e. The normalized spacial score (nSPS) is 10.7. The molecule has 78 valence electrons. The van der Waals surface area contributed by atoms with Crippen LogP contribution in [0.4, 0.5) is 0 Å². The highest BCUT2D eigenvalue weighted by Gasteiger charge is 2.05. The third-order valence-electron chi connectivity index (χ3n) is 2.64. The number of aromatic nitrogens is 2. The third kappa shape index (κ3) is 1.77. The predicted octanol–water partition coefficient (Wildman–Crippen LogP) is 3.45. The largest absolute Gasteiger partial charge is 0.238 e. The molecule has 15 heavy (non-hydrogen) atoms. The van der Waals surface area contributed by atoms with E-state index in [0.29, 0.717) is 0 Å². The first-order valence-electron chi connectivity index (χ1n) is 4.87. The van der Waals surface area contributed by atoms with Crippen molar-refractivity contribution in [2.75, 3.05) is 0 Å². The molecule has 2 nitrogen and oxygen atoms in total. The van der Waals surface area contributed by atoms with Gasteiger partial charge in [-0.1, -0.05) is 11.6 Å². The molecule has 0 saturated carbocycles. The van der Waals surface area contributed by atoms with E-state index in [0.717, 1.165) is 22.0 Å². The van der Waals surface area contributed by atoms with Gasteiger partial charge in [-0.05, 0) is 50.1 Å². The van der Waals surface area contributed by atoms with E-state index in [2.05, 4.69) is 18.9 Å². The number of aryl methyl sites for hydroxylation is 2. The summed E-state index contributed by atoms with van der Waals surface area (Å²) in [4.78, 5) is 0. The van der Waals surface area contributed by atoms with Gasteiger partial charge in [-0.3, -0.25) is 0 Å². The average molecular weight is 221 g/mol. The Morgan fingerprint density at radius 2 is 1.87 bits per heavy atom. The van der Waals surface area contributed by atoms with Crippen LogP contribution in [0.25, 0.3) is 5.69 Å². The van der Waals surface area contributed by atoms with Crippen molar-refractivity contribution in [3.63, 3.8) is 0 Å². The Kier molecular flexibility index (Phi) is 2.53. The van der Waals surface area contributed by atoms with Crippen molar-refractivity contribution in [3.8, 4) is 5.69 Å². The molecular weight excluding hydrogens is 208 g/mol. The highest BCUT2D eigenvalue weighted by Crippen LogP contribution is 2.20. The molecule has 0 aliphatic carbocycles. The molecule has 0 N–H and O–H groups in total. The van der Waals surface area contributed by atoms with Crippen LogP contribution in [-0.2, 0) is 0 Å². The number of benzene rings is 1. The zero-order valence-corrected chi connectivity index (χ0v) is 9.84. The van der Waals surface area contributed by atoms with Crippen molar-refractivity contribution in [3.05, 3.63) is 46.2 Å². The first-order valence-corrected chi connectivity index (χ1v) is 5.25. The highest BCUT2D eigenvalue weighted by molar-refractivity contribution is 6.31. The van der Waals surface area contributed by atoms with E-state index in [1.54, 1.807) is 0 Å². The fraction of sp³-hybridized carbons (Fsp3) is 0.250. The Hall–Kier alpha value is -1.28. The fourth-order valence-corrected chi connectivity index (χ4v) is 1.63. The SMILES string of the molecule is Cc1cc(-n2ncc(C)c2C)ccc1Cl. The summed E-state index contributed by atoms with van der Waals surface area (Å²) >= 11 is 5.98. The summed E-state index contributed by atoms with van der Waals surface area (Å²) in [6.45, 7) is 6.12. The molecule has 3 heteroatoms. The molecule has 0 amide bonds. The van der Waals surface area contributed by atoms with Crippen molar-refractivity contribution >= 4 is 11.6 Å². The second kappa shape index (κ2) is 3.70. The number of nitrogens with zero attached hydrogens (tertiary/aromatic N) is 2. The molecule has 0 bridgehead atoms. The lowest BCUT2D eigenvalue weighted by Gasteiger charge is -2.06. The zero-order chi connectivity index (χ0) is 11.0. The van der Waals surface area contributed by atoms with E-state index >= 15 is 0 Å². The molecule has 0 aliphatic heterocycles. The van der Waals surface area contributed by atoms with E-state index in [-0.39, 0.29) is 0 Å². The van der Waals surface area contributed by atoms with Crippen molar-refractivity contribution < 1.29 is 0 Å². The van der Waals surface area contributed by atoms with Gasteiger partial charge >= 0.3 is 0 Å². The molecule has 0 unspecified atom stereocenters. The van der Waals surface area contributed by atoms with Gasteiger partial charge in [-0.2, -0.15) is 5.10 Å². The van der Waals surface area contributed by atoms with Crippen molar-refractivity contribution in [1.29, 1.82) is 0 Å². The van der Waals surface area contributed by atoms with E-state index in [4.69, 9.17) is 11.6 Å². The summed E-state index contributed by atoms with van der Waals surface area (Å²) in [5.41, 5.74) is 4.49. The van der Waals surface area contributed by atoms with Gasteiger partial charge in [0.2, 0.25) is 0 Å². The first-order chi connectivity index (χ1) is 7.09. The quantitative estimate of drug-likeness (QED) is 0.720. The molecule has 0 aliphatic rings. The van der Waals surface area contributed by atoms with Crippen LogP contribution in [0.1, 0.15) is 16.8 Å². The van der Waals surface area contributed by atoms with Crippen LogP contribution < -0.4 is 0 Å². The molecule has 2 rings (SSSR count). The van der Waals surface area contributed by atoms with Crippen molar-refractivity contribution in [1.82, 2.24) is 9.78 Å². The van der Waals surface area contributed by atoms with Gasteiger partial charge in [0.25, 0.3) is 0 Å². The smallest absolute Gasteiger partial charge is 0.0652 e. The van der Waals surface area contributed by atoms with Crippen LogP contribution in [0.5, 0.6) is 0 Å². The zero-order valence-electron chi connectivity index (χ0n) is 9.08. The lowest BCUT2D eigenvalue weighted by molar-refractivity contribution is 0.844. The molecule has 1 aromatic heterocycles. The minimum atomic E-state index is 0.792. The van der Waals surface area contributed by atoms with Gasteiger partial charge < -0.3 is 0 Å². The second-order valence-corrected chi connectivity index (χ2v) is 4.17. The van der Waals surface area contributed by atoms with E-state index in [1.165, 1.54) is 5.56 Å². The van der Waals surface area contributed by atoms with Crippen LogP contribution >= 0.6 is 11.6 Å². The van der Waals surface area contributed by atoms with Gasteiger partial charge in [0.05, 0.1) is 11.9 Å². The lowest BCUT2D eigenvalue weighted by atomic mass is 10.2. The molecule has 0 saturated heterocycles. The Bertz CT molecular complexity index is 500. The third-order valence-corrected chi connectivity index (χ3v) is 3.07. The van der Waals surface area contributed by atoms with Crippen LogP contribution in [0, 0.1) is 20.8 Å². The number of hydrogen-bond donors (Lipinski definition) is 0. The second-order valence-electron chi connectivity index (χ2n) is 3.76. The van der Waals surface area contributed by atoms with Gasteiger partial charge in [-0.25, -0.2) is 4.68 Å². The summed E-state index contributed by atoms with van der Waals surface area (Å²) in [5.74, 6) is 0. The Balaban J connectivity index is 2.55. The molecule has 0 atom stereocenters. The van der Waals surface area contributed by atoms with E-state index in [9.17, 15) is 0 Å². The first kappa shape index (κ1) is 10.2. The van der Waals surface area contributed by atoms with Gasteiger partial charge in [0.15, 0.2) is 0 Å². The minimum Gasteiger partial charge on any atom is -0.238 e. The Morgan fingerprint density at radius 3 is 2.40 bits per heavy atom. The summed E-state index contributed by atoms with van der Waals surface area (Å²) in [7, 11) is 0. The summed E-state index contributed by atoms with van der Waals surface area (Å²) in [6, 6.07) is 5.93. The summed E-state index contributed by atoms with van der Waals surface area (Å²) in [6.07, 6.45) is 1.87. The van der Waals surface area contributed by atoms with Crippen LogP contribution in [0.3, 0.4) is 0 Å². The molecule has 0 radical (unpaired) electrons. The van der Waals surface area contributed by atoms with E-state index < -0.39 is 0 Å². The highest BCUT2D eigenvalue weighted by atomic mass is 35.5. The topological polar surface area (TPSA) is 17.8 Å². The average Bonchev–Trinajstić information content (AvgIpc) is 2.53. The maximum atomic E-state index is 5.98. The van der Waals surface area contributed by atoms with Crippen molar-refractivity contribution in [2.24, 2.45) is 0 Å². The number of halogens is 1. The molecule has 1 heterocycles. The number of hydrogen-bond acceptors (Lipinski definition) is 1. The van der Waals surface area contributed by atoms with Crippen LogP contribution in [0.15, 0.2) is 24.4 Å². The lowest BCUT2D eigenvalue weighted by Crippen LogP contribution is -1.99. The summed E-state index contributed by atoms with van der Waals surface area (Å²) < 4.78 is 1.93. The predicted molar refractivity (Wildman–Crippen MR) is 62.8 cm³/mol. The van der Waals surface area contributed by atoms with Crippen LogP contribution in [-0.4, -0.2) is 9.78 Å². The van der Waals surface area contributed by atoms with E-state index in [1.807, 2.05) is 36.0 Å². The van der Waals surface area contributed by atoms with Crippen LogP contribution in [0.2, 0.25) is 5.02 Å². The summed E-state index contributed by atoms with van der Waals surface area (Å²) in [5, 5.41) is 5.12. The van der Waals surface area contributed by atoms with Gasteiger partial charge in [0, 0.05) is 10.7 Å². The number of rotatable bonds is 1. The molecule has 2 aromatic rings. The molecule has 0 fully saturated rings. The van der Waals surface area contributed by atoms with Crippen molar-refractivity contribution in [2.45, 2.75) is 20.8 Å². The fourth-order valence-electron chi connectivity index (χ4n) is 1.51. The minimum absolute atomic E-state index is 0.792. The monoisotopic (exact) mass is 220 g/mol. The Labute approximate surface area is 94.5 Å². The molecular formula is C12H13ClN2. The van der Waals surface area contributed by atoms with Gasteiger partial charge in [-0.15, -0.1) is 0 Å². The molecule has 1 aromatic carbocycles. The maximum absolute atomic E-state index is 5.98. The standard InChI is InChI=1S/C12H13ClN2/c1-8-6-11(4-5-12(8)13)15-10(3)9(2)7-14-15/h4-7H,1-3H3.